The highest BCUT2D eigenvalue weighted by Gasteiger charge is 2.23. The van der Waals surface area contributed by atoms with Crippen LogP contribution in [0.3, 0.4) is 0 Å². The standard InChI is InChI=1S/C21H25N7OS2/c1-5-11-28-14-10-8-7-9-13(14)16-17(28)22-20(26-24-16)30-15(6-2)18(29)23-21-27-25-19(31-21)12(3)4/h7-10,12,15H,5-6,11H2,1-4H3,(H,23,27,29)/t15-/m0/s1. The molecule has 0 saturated carbocycles. The number of amides is 1. The molecular weight excluding hydrogens is 430 g/mol. The van der Waals surface area contributed by atoms with Gasteiger partial charge in [0.15, 0.2) is 5.65 Å². The lowest BCUT2D eigenvalue weighted by Crippen LogP contribution is -2.24. The first-order chi connectivity index (χ1) is 15.0. The maximum Gasteiger partial charge on any atom is 0.239 e. The van der Waals surface area contributed by atoms with E-state index in [1.165, 1.54) is 23.1 Å². The van der Waals surface area contributed by atoms with E-state index >= 15 is 0 Å². The van der Waals surface area contributed by atoms with E-state index in [-0.39, 0.29) is 17.1 Å². The number of thioether (sulfide) groups is 1. The number of anilines is 1. The van der Waals surface area contributed by atoms with E-state index in [1.54, 1.807) is 0 Å². The first-order valence-corrected chi connectivity index (χ1v) is 12.1. The zero-order valence-corrected chi connectivity index (χ0v) is 19.6. The third-order valence-electron chi connectivity index (χ3n) is 4.88. The molecule has 4 rings (SSSR count). The predicted molar refractivity (Wildman–Crippen MR) is 126 cm³/mol. The Morgan fingerprint density at radius 2 is 1.97 bits per heavy atom. The number of hydrogen-bond acceptors (Lipinski definition) is 8. The van der Waals surface area contributed by atoms with Crippen LogP contribution in [-0.4, -0.2) is 41.1 Å². The van der Waals surface area contributed by atoms with E-state index in [0.29, 0.717) is 16.7 Å². The smallest absolute Gasteiger partial charge is 0.239 e. The van der Waals surface area contributed by atoms with Gasteiger partial charge in [0.05, 0.1) is 10.8 Å². The average molecular weight is 456 g/mol. The van der Waals surface area contributed by atoms with Crippen molar-refractivity contribution in [3.8, 4) is 0 Å². The van der Waals surface area contributed by atoms with Gasteiger partial charge in [0.1, 0.15) is 10.5 Å². The summed E-state index contributed by atoms with van der Waals surface area (Å²) in [4.78, 5) is 17.6. The number of nitrogens with one attached hydrogen (secondary N) is 1. The van der Waals surface area contributed by atoms with Crippen molar-refractivity contribution in [2.45, 2.75) is 63.4 Å². The molecule has 0 saturated heterocycles. The van der Waals surface area contributed by atoms with Gasteiger partial charge in [-0.05, 0) is 18.9 Å². The zero-order valence-electron chi connectivity index (χ0n) is 18.0. The zero-order chi connectivity index (χ0) is 22.0. The predicted octanol–water partition coefficient (Wildman–Crippen LogP) is 4.87. The van der Waals surface area contributed by atoms with Crippen LogP contribution in [0.5, 0.6) is 0 Å². The van der Waals surface area contributed by atoms with E-state index in [1.807, 2.05) is 25.1 Å². The van der Waals surface area contributed by atoms with Gasteiger partial charge >= 0.3 is 0 Å². The summed E-state index contributed by atoms with van der Waals surface area (Å²) in [5.41, 5.74) is 2.70. The van der Waals surface area contributed by atoms with Gasteiger partial charge in [0.2, 0.25) is 16.2 Å². The second-order valence-electron chi connectivity index (χ2n) is 7.54. The second-order valence-corrected chi connectivity index (χ2v) is 9.72. The van der Waals surface area contributed by atoms with Crippen molar-refractivity contribution in [3.05, 3.63) is 29.3 Å². The Morgan fingerprint density at radius 1 is 1.16 bits per heavy atom. The van der Waals surface area contributed by atoms with Crippen molar-refractivity contribution < 1.29 is 4.79 Å². The van der Waals surface area contributed by atoms with Crippen LogP contribution in [-0.2, 0) is 11.3 Å². The molecule has 0 radical (unpaired) electrons. The Morgan fingerprint density at radius 3 is 2.68 bits per heavy atom. The fourth-order valence-corrected chi connectivity index (χ4v) is 4.91. The van der Waals surface area contributed by atoms with Crippen LogP contribution in [0.25, 0.3) is 22.1 Å². The molecule has 3 aromatic heterocycles. The summed E-state index contributed by atoms with van der Waals surface area (Å²) in [7, 11) is 0. The highest BCUT2D eigenvalue weighted by molar-refractivity contribution is 8.00. The molecular formula is C21H25N7OS2. The van der Waals surface area contributed by atoms with Crippen LogP contribution in [0, 0.1) is 0 Å². The number of fused-ring (bicyclic) bond motifs is 3. The molecule has 4 aromatic rings. The minimum atomic E-state index is -0.352. The van der Waals surface area contributed by atoms with Crippen molar-refractivity contribution in [1.29, 1.82) is 0 Å². The van der Waals surface area contributed by atoms with Crippen molar-refractivity contribution in [3.63, 3.8) is 0 Å². The lowest BCUT2D eigenvalue weighted by atomic mass is 10.2. The minimum absolute atomic E-state index is 0.128. The fourth-order valence-electron chi connectivity index (χ4n) is 3.34. The largest absolute Gasteiger partial charge is 0.324 e. The lowest BCUT2D eigenvalue weighted by Gasteiger charge is -2.12. The summed E-state index contributed by atoms with van der Waals surface area (Å²) >= 11 is 2.73. The first-order valence-electron chi connectivity index (χ1n) is 10.4. The molecule has 31 heavy (non-hydrogen) atoms. The number of para-hydroxylation sites is 1. The first kappa shape index (κ1) is 21.6. The molecule has 1 N–H and O–H groups in total. The van der Waals surface area contributed by atoms with Gasteiger partial charge in [-0.3, -0.25) is 10.1 Å². The lowest BCUT2D eigenvalue weighted by molar-refractivity contribution is -0.115. The Balaban J connectivity index is 1.59. The van der Waals surface area contributed by atoms with Crippen molar-refractivity contribution >= 4 is 56.2 Å². The van der Waals surface area contributed by atoms with Gasteiger partial charge in [-0.25, -0.2) is 4.98 Å². The van der Waals surface area contributed by atoms with Crippen molar-refractivity contribution in [2.24, 2.45) is 0 Å². The summed E-state index contributed by atoms with van der Waals surface area (Å²) in [6, 6.07) is 8.14. The number of carbonyl (C=O) groups excluding carboxylic acids is 1. The summed E-state index contributed by atoms with van der Waals surface area (Å²) in [6.07, 6.45) is 1.62. The molecule has 8 nitrogen and oxygen atoms in total. The molecule has 0 aliphatic heterocycles. The number of hydrogen-bond donors (Lipinski definition) is 1. The highest BCUT2D eigenvalue weighted by atomic mass is 32.2. The van der Waals surface area contributed by atoms with Gasteiger partial charge in [-0.2, -0.15) is 0 Å². The normalized spacial score (nSPS) is 12.7. The number of rotatable bonds is 8. The van der Waals surface area contributed by atoms with Crippen LogP contribution in [0.2, 0.25) is 0 Å². The SMILES string of the molecule is CCCn1c2ccccc2c2nnc(S[C@@H](CC)C(=O)Nc3nnc(C(C)C)s3)nc21. The Kier molecular flexibility index (Phi) is 6.47. The van der Waals surface area contributed by atoms with Gasteiger partial charge in [0, 0.05) is 17.8 Å². The molecule has 162 valence electrons. The van der Waals surface area contributed by atoms with E-state index in [0.717, 1.165) is 40.0 Å². The number of benzene rings is 1. The molecule has 1 amide bonds. The number of carbonyl (C=O) groups is 1. The molecule has 0 bridgehead atoms. The molecule has 1 aromatic carbocycles. The fraction of sp³-hybridized carbons (Fsp3) is 0.429. The van der Waals surface area contributed by atoms with Gasteiger partial charge in [-0.15, -0.1) is 20.4 Å². The molecule has 1 atom stereocenters. The average Bonchev–Trinajstić information content (AvgIpc) is 3.35. The van der Waals surface area contributed by atoms with Gasteiger partial charge in [0.25, 0.3) is 0 Å². The maximum atomic E-state index is 12.8. The Hall–Kier alpha value is -2.59. The quantitative estimate of drug-likeness (QED) is 0.378. The molecule has 0 fully saturated rings. The summed E-state index contributed by atoms with van der Waals surface area (Å²) in [5, 5.41) is 22.5. The van der Waals surface area contributed by atoms with Crippen molar-refractivity contribution in [1.82, 2.24) is 29.9 Å². The van der Waals surface area contributed by atoms with Gasteiger partial charge in [-0.1, -0.05) is 69.0 Å². The van der Waals surface area contributed by atoms with Crippen molar-refractivity contribution in [2.75, 3.05) is 5.32 Å². The summed E-state index contributed by atoms with van der Waals surface area (Å²) < 4.78 is 2.18. The molecule has 0 aliphatic rings. The second kappa shape index (κ2) is 9.27. The third kappa shape index (κ3) is 4.40. The molecule has 0 spiro atoms. The summed E-state index contributed by atoms with van der Waals surface area (Å²) in [6.45, 7) is 9.06. The minimum Gasteiger partial charge on any atom is -0.324 e. The van der Waals surface area contributed by atoms with Crippen LogP contribution in [0.15, 0.2) is 29.4 Å². The van der Waals surface area contributed by atoms with E-state index in [4.69, 9.17) is 4.98 Å². The van der Waals surface area contributed by atoms with E-state index in [9.17, 15) is 4.79 Å². The van der Waals surface area contributed by atoms with Crippen LogP contribution >= 0.6 is 23.1 Å². The Bertz CT molecular complexity index is 1220. The highest BCUT2D eigenvalue weighted by Crippen LogP contribution is 2.30. The van der Waals surface area contributed by atoms with Crippen LogP contribution < -0.4 is 5.32 Å². The van der Waals surface area contributed by atoms with Crippen LogP contribution in [0.1, 0.15) is 51.5 Å². The molecule has 10 heteroatoms. The third-order valence-corrected chi connectivity index (χ3v) is 7.23. The number of aromatic nitrogens is 6. The monoisotopic (exact) mass is 455 g/mol. The van der Waals surface area contributed by atoms with Crippen LogP contribution in [0.4, 0.5) is 5.13 Å². The van der Waals surface area contributed by atoms with E-state index < -0.39 is 0 Å². The Labute approximate surface area is 188 Å². The maximum absolute atomic E-state index is 12.8. The number of aryl methyl sites for hydroxylation is 1. The topological polar surface area (TPSA) is 98.5 Å². The molecule has 0 aliphatic carbocycles. The number of nitrogens with zero attached hydrogens (tertiary/aromatic N) is 6. The van der Waals surface area contributed by atoms with E-state index in [2.05, 4.69) is 57.1 Å². The molecule has 3 heterocycles. The summed E-state index contributed by atoms with van der Waals surface area (Å²) in [5.74, 6) is 0.150. The van der Waals surface area contributed by atoms with Gasteiger partial charge < -0.3 is 4.57 Å². The molecule has 0 unspecified atom stereocenters.